The van der Waals surface area contributed by atoms with E-state index in [0.29, 0.717) is 34.8 Å². The number of nitrogens with one attached hydrogen (secondary N) is 1. The minimum Gasteiger partial charge on any atom is -0.487 e. The molecule has 170 valence electrons. The molecule has 0 aliphatic carbocycles. The molecule has 1 aliphatic heterocycles. The minimum absolute atomic E-state index is 0.0515. The van der Waals surface area contributed by atoms with Gasteiger partial charge >= 0.3 is 0 Å². The molecule has 0 unspecified atom stereocenters. The van der Waals surface area contributed by atoms with Crippen molar-refractivity contribution in [2.24, 2.45) is 0 Å². The Balaban J connectivity index is 1.60. The highest BCUT2D eigenvalue weighted by Gasteiger charge is 2.32. The van der Waals surface area contributed by atoms with Crippen LogP contribution in [0.3, 0.4) is 0 Å². The van der Waals surface area contributed by atoms with Gasteiger partial charge in [0.2, 0.25) is 5.82 Å². The number of carbonyl (C=O) groups is 2. The number of aryl methyl sites for hydroxylation is 3. The second-order valence-electron chi connectivity index (χ2n) is 7.95. The van der Waals surface area contributed by atoms with Crippen molar-refractivity contribution < 1.29 is 18.7 Å². The van der Waals surface area contributed by atoms with Crippen LogP contribution in [0.2, 0.25) is 0 Å². The summed E-state index contributed by atoms with van der Waals surface area (Å²) in [7, 11) is 1.58. The lowest BCUT2D eigenvalue weighted by Gasteiger charge is -2.19. The number of ether oxygens (including phenoxy) is 1. The number of aromatic nitrogens is 3. The Morgan fingerprint density at radius 1 is 1.24 bits per heavy atom. The van der Waals surface area contributed by atoms with E-state index in [9.17, 15) is 14.0 Å². The average Bonchev–Trinajstić information content (AvgIpc) is 2.92. The molecule has 3 aromatic rings. The van der Waals surface area contributed by atoms with Crippen LogP contribution >= 0.6 is 0 Å². The molecule has 0 spiro atoms. The van der Waals surface area contributed by atoms with Gasteiger partial charge in [0.15, 0.2) is 11.6 Å². The molecule has 1 atom stereocenters. The first-order valence-corrected chi connectivity index (χ1v) is 10.6. The van der Waals surface area contributed by atoms with Crippen molar-refractivity contribution in [1.29, 1.82) is 0 Å². The quantitative estimate of drug-likeness (QED) is 0.658. The monoisotopic (exact) mass is 449 g/mol. The van der Waals surface area contributed by atoms with E-state index in [4.69, 9.17) is 4.74 Å². The van der Waals surface area contributed by atoms with E-state index in [0.717, 1.165) is 11.1 Å². The number of amides is 2. The predicted molar refractivity (Wildman–Crippen MR) is 121 cm³/mol. The zero-order valence-corrected chi connectivity index (χ0v) is 18.8. The van der Waals surface area contributed by atoms with Crippen LogP contribution in [0.5, 0.6) is 5.75 Å². The Morgan fingerprint density at radius 3 is 2.76 bits per heavy atom. The van der Waals surface area contributed by atoms with Crippen molar-refractivity contribution in [2.75, 3.05) is 18.6 Å². The van der Waals surface area contributed by atoms with Gasteiger partial charge in [-0.25, -0.2) is 19.3 Å². The number of nitrogens with zero attached hydrogens (tertiary/aromatic N) is 4. The second-order valence-corrected chi connectivity index (χ2v) is 7.95. The third kappa shape index (κ3) is 4.39. The highest BCUT2D eigenvalue weighted by atomic mass is 19.1. The molecular formula is C24H24FN5O3. The van der Waals surface area contributed by atoms with Gasteiger partial charge in [0.25, 0.3) is 11.8 Å². The topological polar surface area (TPSA) is 97.3 Å². The van der Waals surface area contributed by atoms with Crippen molar-refractivity contribution in [3.63, 3.8) is 0 Å². The van der Waals surface area contributed by atoms with Gasteiger partial charge in [-0.1, -0.05) is 6.92 Å². The Labute approximate surface area is 190 Å². The smallest absolute Gasteiger partial charge is 0.289 e. The Hall–Kier alpha value is -3.88. The van der Waals surface area contributed by atoms with Gasteiger partial charge in [0, 0.05) is 25.0 Å². The van der Waals surface area contributed by atoms with E-state index in [2.05, 4.69) is 20.3 Å². The largest absolute Gasteiger partial charge is 0.487 e. The van der Waals surface area contributed by atoms with Crippen LogP contribution in [0.4, 0.5) is 10.2 Å². The third-order valence-electron chi connectivity index (χ3n) is 5.51. The lowest BCUT2D eigenvalue weighted by molar-refractivity contribution is -0.120. The van der Waals surface area contributed by atoms with Crippen LogP contribution in [0.25, 0.3) is 11.3 Å². The molecular weight excluding hydrogens is 425 g/mol. The van der Waals surface area contributed by atoms with Crippen LogP contribution in [0.1, 0.15) is 34.2 Å². The van der Waals surface area contributed by atoms with Gasteiger partial charge in [-0.3, -0.25) is 14.5 Å². The van der Waals surface area contributed by atoms with E-state index >= 15 is 0 Å². The molecule has 0 bridgehead atoms. The molecule has 1 N–H and O–H groups in total. The first-order chi connectivity index (χ1) is 15.8. The SMILES string of the molecule is CCc1cnc(C(=O)N[C@H]2COc3cc(C)cnc3N(C)C2=O)nc1-c1ccc(F)c(C)c1. The van der Waals surface area contributed by atoms with Gasteiger partial charge in [-0.2, -0.15) is 0 Å². The van der Waals surface area contributed by atoms with Crippen LogP contribution in [-0.4, -0.2) is 46.5 Å². The first-order valence-electron chi connectivity index (χ1n) is 10.6. The number of halogens is 1. The number of hydrogen-bond donors (Lipinski definition) is 1. The van der Waals surface area contributed by atoms with Crippen molar-refractivity contribution in [3.05, 3.63) is 65.0 Å². The van der Waals surface area contributed by atoms with Crippen molar-refractivity contribution in [2.45, 2.75) is 33.2 Å². The lowest BCUT2D eigenvalue weighted by Crippen LogP contribution is -2.49. The summed E-state index contributed by atoms with van der Waals surface area (Å²) in [5.74, 6) is -0.512. The summed E-state index contributed by atoms with van der Waals surface area (Å²) in [5, 5.41) is 2.67. The van der Waals surface area contributed by atoms with Gasteiger partial charge in [0.05, 0.1) is 5.69 Å². The van der Waals surface area contributed by atoms with E-state index in [1.807, 2.05) is 13.8 Å². The number of hydrogen-bond acceptors (Lipinski definition) is 6. The number of carbonyl (C=O) groups excluding carboxylic acids is 2. The Morgan fingerprint density at radius 2 is 2.03 bits per heavy atom. The number of benzene rings is 1. The van der Waals surface area contributed by atoms with Crippen molar-refractivity contribution >= 4 is 17.6 Å². The Bertz CT molecular complexity index is 1250. The molecule has 33 heavy (non-hydrogen) atoms. The molecule has 0 fully saturated rings. The number of anilines is 1. The zero-order chi connectivity index (χ0) is 23.7. The fraction of sp³-hybridized carbons (Fsp3) is 0.292. The van der Waals surface area contributed by atoms with Crippen LogP contribution in [-0.2, 0) is 11.2 Å². The predicted octanol–water partition coefficient (Wildman–Crippen LogP) is 3.01. The maximum absolute atomic E-state index is 13.7. The number of rotatable bonds is 4. The summed E-state index contributed by atoms with van der Waals surface area (Å²) in [6, 6.07) is 5.52. The second kappa shape index (κ2) is 8.93. The summed E-state index contributed by atoms with van der Waals surface area (Å²) < 4.78 is 19.5. The maximum Gasteiger partial charge on any atom is 0.289 e. The maximum atomic E-state index is 13.7. The van der Waals surface area contributed by atoms with E-state index < -0.39 is 11.9 Å². The summed E-state index contributed by atoms with van der Waals surface area (Å²) in [6.45, 7) is 5.44. The fourth-order valence-corrected chi connectivity index (χ4v) is 3.62. The molecule has 2 aromatic heterocycles. The Kier molecular flexibility index (Phi) is 6.04. The molecule has 3 heterocycles. The summed E-state index contributed by atoms with van der Waals surface area (Å²) in [5.41, 5.74) is 3.43. The summed E-state index contributed by atoms with van der Waals surface area (Å²) in [6.07, 6.45) is 3.86. The molecule has 8 nitrogen and oxygen atoms in total. The minimum atomic E-state index is -0.942. The molecule has 4 rings (SSSR count). The standard InChI is InChI=1S/C24H24FN5O3/c1-5-15-11-26-21(29-20(15)16-6-7-17(25)14(3)9-16)23(31)28-18-12-33-19-8-13(2)10-27-22(19)30(4)24(18)32/h6-11,18H,5,12H2,1-4H3,(H,28,31)/t18-/m0/s1. The number of likely N-dealkylation sites (N-methyl/N-ethyl adjacent to an activating group) is 1. The van der Waals surface area contributed by atoms with Crippen LogP contribution in [0, 0.1) is 19.7 Å². The number of pyridine rings is 1. The van der Waals surface area contributed by atoms with Crippen LogP contribution < -0.4 is 15.0 Å². The highest BCUT2D eigenvalue weighted by Crippen LogP contribution is 2.29. The van der Waals surface area contributed by atoms with E-state index in [1.165, 1.54) is 11.0 Å². The zero-order valence-electron chi connectivity index (χ0n) is 18.8. The van der Waals surface area contributed by atoms with Crippen molar-refractivity contribution in [3.8, 4) is 17.0 Å². The first kappa shape index (κ1) is 22.3. The molecule has 1 aliphatic rings. The summed E-state index contributed by atoms with van der Waals surface area (Å²) >= 11 is 0. The number of fused-ring (bicyclic) bond motifs is 1. The van der Waals surface area contributed by atoms with E-state index in [1.54, 1.807) is 44.6 Å². The van der Waals surface area contributed by atoms with Gasteiger partial charge < -0.3 is 10.1 Å². The molecule has 0 saturated carbocycles. The van der Waals surface area contributed by atoms with E-state index in [-0.39, 0.29) is 24.2 Å². The molecule has 1 aromatic carbocycles. The molecule has 2 amide bonds. The third-order valence-corrected chi connectivity index (χ3v) is 5.51. The normalized spacial score (nSPS) is 15.5. The van der Waals surface area contributed by atoms with Crippen LogP contribution in [0.15, 0.2) is 36.7 Å². The fourth-order valence-electron chi connectivity index (χ4n) is 3.62. The average molecular weight is 449 g/mol. The highest BCUT2D eigenvalue weighted by molar-refractivity contribution is 6.01. The van der Waals surface area contributed by atoms with Gasteiger partial charge in [0.1, 0.15) is 18.5 Å². The van der Waals surface area contributed by atoms with Gasteiger partial charge in [-0.15, -0.1) is 0 Å². The summed E-state index contributed by atoms with van der Waals surface area (Å²) in [4.78, 5) is 40.2. The lowest BCUT2D eigenvalue weighted by atomic mass is 10.0. The van der Waals surface area contributed by atoms with Gasteiger partial charge in [-0.05, 0) is 61.2 Å². The molecule has 9 heteroatoms. The molecule has 0 saturated heterocycles. The molecule has 0 radical (unpaired) electrons. The van der Waals surface area contributed by atoms with Crippen molar-refractivity contribution in [1.82, 2.24) is 20.3 Å².